The second kappa shape index (κ2) is 7.10. The molecule has 0 N–H and O–H groups in total. The van der Waals surface area contributed by atoms with Crippen molar-refractivity contribution in [3.05, 3.63) is 0 Å². The fourth-order valence-electron chi connectivity index (χ4n) is 0.748. The molecule has 1 aromatic rings. The van der Waals surface area contributed by atoms with Gasteiger partial charge in [-0.15, -0.1) is 10.2 Å². The van der Waals surface area contributed by atoms with E-state index in [-0.39, 0.29) is 0 Å². The summed E-state index contributed by atoms with van der Waals surface area (Å²) in [6.07, 6.45) is 1.55. The predicted molar refractivity (Wildman–Crippen MR) is 61.9 cm³/mol. The van der Waals surface area contributed by atoms with E-state index in [2.05, 4.69) is 23.2 Å². The summed E-state index contributed by atoms with van der Waals surface area (Å²) >= 11 is 5.04. The lowest BCUT2D eigenvalue weighted by molar-refractivity contribution is 0.946. The molecule has 0 radical (unpaired) electrons. The van der Waals surface area contributed by atoms with Crippen LogP contribution in [0.4, 0.5) is 0 Å². The fourth-order valence-corrected chi connectivity index (χ4v) is 3.67. The van der Waals surface area contributed by atoms with Crippen LogP contribution in [0.1, 0.15) is 19.8 Å². The summed E-state index contributed by atoms with van der Waals surface area (Å²) in [5, 5.41) is 16.5. The molecule has 0 aliphatic carbocycles. The van der Waals surface area contributed by atoms with Crippen LogP contribution < -0.4 is 0 Å². The standard InChI is InChI=1S/C8H11N3S3/c1-2-12-7-10-11-8(14-7)13-6-4-3-5-9/h2-4,6H2,1H3. The molecule has 0 aromatic carbocycles. The second-order valence-electron chi connectivity index (χ2n) is 2.38. The number of rotatable bonds is 6. The van der Waals surface area contributed by atoms with E-state index < -0.39 is 0 Å². The van der Waals surface area contributed by atoms with Crippen molar-refractivity contribution in [3.8, 4) is 6.07 Å². The molecule has 76 valence electrons. The summed E-state index contributed by atoms with van der Waals surface area (Å²) < 4.78 is 2.05. The Labute approximate surface area is 96.3 Å². The molecule has 0 saturated carbocycles. The monoisotopic (exact) mass is 245 g/mol. The van der Waals surface area contributed by atoms with Gasteiger partial charge in [-0.3, -0.25) is 0 Å². The Kier molecular flexibility index (Phi) is 5.99. The molecular formula is C8H11N3S3. The quantitative estimate of drug-likeness (QED) is 0.569. The molecule has 0 amide bonds. The molecule has 1 heterocycles. The number of hydrogen-bond acceptors (Lipinski definition) is 6. The number of unbranched alkanes of at least 4 members (excludes halogenated alkanes) is 1. The second-order valence-corrected chi connectivity index (χ2v) is 6.21. The SMILES string of the molecule is CCSc1nnc(SCCCC#N)s1. The molecule has 0 saturated heterocycles. The van der Waals surface area contributed by atoms with E-state index in [0.717, 1.165) is 26.6 Å². The van der Waals surface area contributed by atoms with Crippen LogP contribution in [0.25, 0.3) is 0 Å². The summed E-state index contributed by atoms with van der Waals surface area (Å²) in [6.45, 7) is 2.10. The van der Waals surface area contributed by atoms with Crippen molar-refractivity contribution in [1.29, 1.82) is 5.26 Å². The first-order valence-corrected chi connectivity index (χ1v) is 7.11. The Balaban J connectivity index is 2.26. The van der Waals surface area contributed by atoms with Crippen molar-refractivity contribution < 1.29 is 0 Å². The molecule has 1 aromatic heterocycles. The zero-order valence-electron chi connectivity index (χ0n) is 7.89. The summed E-state index contributed by atoms with van der Waals surface area (Å²) in [7, 11) is 0. The van der Waals surface area contributed by atoms with Crippen LogP contribution in [0.5, 0.6) is 0 Å². The van der Waals surface area contributed by atoms with Gasteiger partial charge in [-0.05, 0) is 12.2 Å². The predicted octanol–water partition coefficient (Wildman–Crippen LogP) is 3.05. The Morgan fingerprint density at radius 2 is 2.07 bits per heavy atom. The molecule has 0 aliphatic heterocycles. The topological polar surface area (TPSA) is 49.6 Å². The average molecular weight is 245 g/mol. The first-order valence-electron chi connectivity index (χ1n) is 4.33. The summed E-state index contributed by atoms with van der Waals surface area (Å²) in [5.41, 5.74) is 0. The highest BCUT2D eigenvalue weighted by Gasteiger charge is 2.03. The normalized spacial score (nSPS) is 10.0. The number of aromatic nitrogens is 2. The van der Waals surface area contributed by atoms with Crippen molar-refractivity contribution in [2.24, 2.45) is 0 Å². The summed E-state index contributed by atoms with van der Waals surface area (Å²) in [6, 6.07) is 2.13. The van der Waals surface area contributed by atoms with Gasteiger partial charge in [-0.1, -0.05) is 41.8 Å². The molecule has 1 rings (SSSR count). The van der Waals surface area contributed by atoms with Crippen LogP contribution in [0.15, 0.2) is 8.68 Å². The van der Waals surface area contributed by atoms with Crippen LogP contribution >= 0.6 is 34.9 Å². The van der Waals surface area contributed by atoms with Gasteiger partial charge < -0.3 is 0 Å². The van der Waals surface area contributed by atoms with Crippen molar-refractivity contribution in [2.45, 2.75) is 28.4 Å². The van der Waals surface area contributed by atoms with Gasteiger partial charge in [-0.2, -0.15) is 5.26 Å². The number of nitrogens with zero attached hydrogens (tertiary/aromatic N) is 3. The van der Waals surface area contributed by atoms with E-state index in [9.17, 15) is 0 Å². The third-order valence-corrected chi connectivity index (χ3v) is 4.47. The number of thioether (sulfide) groups is 2. The molecule has 14 heavy (non-hydrogen) atoms. The van der Waals surface area contributed by atoms with E-state index in [0.29, 0.717) is 6.42 Å². The highest BCUT2D eigenvalue weighted by molar-refractivity contribution is 8.03. The molecule has 6 heteroatoms. The zero-order chi connectivity index (χ0) is 10.2. The van der Waals surface area contributed by atoms with Crippen LogP contribution in [0, 0.1) is 11.3 Å². The first kappa shape index (κ1) is 11.8. The van der Waals surface area contributed by atoms with Crippen molar-refractivity contribution in [2.75, 3.05) is 11.5 Å². The summed E-state index contributed by atoms with van der Waals surface area (Å²) in [4.78, 5) is 0. The Morgan fingerprint density at radius 1 is 1.36 bits per heavy atom. The van der Waals surface area contributed by atoms with Crippen molar-refractivity contribution in [3.63, 3.8) is 0 Å². The maximum Gasteiger partial charge on any atom is 0.175 e. The van der Waals surface area contributed by atoms with Crippen molar-refractivity contribution >= 4 is 34.9 Å². The van der Waals surface area contributed by atoms with E-state index in [1.807, 2.05) is 0 Å². The van der Waals surface area contributed by atoms with Gasteiger partial charge in [0.1, 0.15) is 0 Å². The minimum Gasteiger partial charge on any atom is -0.198 e. The van der Waals surface area contributed by atoms with Crippen LogP contribution in [0.3, 0.4) is 0 Å². The molecule has 3 nitrogen and oxygen atoms in total. The van der Waals surface area contributed by atoms with Crippen LogP contribution in [-0.4, -0.2) is 21.7 Å². The number of hydrogen-bond donors (Lipinski definition) is 0. The average Bonchev–Trinajstić information content (AvgIpc) is 2.61. The minimum atomic E-state index is 0.627. The lowest BCUT2D eigenvalue weighted by Crippen LogP contribution is -1.78. The molecule has 0 unspecified atom stereocenters. The van der Waals surface area contributed by atoms with Crippen molar-refractivity contribution in [1.82, 2.24) is 10.2 Å². The Bertz CT molecular complexity index is 305. The lowest BCUT2D eigenvalue weighted by atomic mass is 10.4. The molecule has 0 aliphatic rings. The smallest absolute Gasteiger partial charge is 0.175 e. The van der Waals surface area contributed by atoms with Crippen LogP contribution in [0.2, 0.25) is 0 Å². The maximum absolute atomic E-state index is 8.35. The van der Waals surface area contributed by atoms with E-state index in [1.165, 1.54) is 0 Å². The lowest BCUT2D eigenvalue weighted by Gasteiger charge is -1.91. The third kappa shape index (κ3) is 4.31. The highest BCUT2D eigenvalue weighted by atomic mass is 32.2. The molecule has 0 atom stereocenters. The maximum atomic E-state index is 8.35. The van der Waals surface area contributed by atoms with Gasteiger partial charge in [-0.25, -0.2) is 0 Å². The third-order valence-electron chi connectivity index (χ3n) is 1.31. The number of nitriles is 1. The minimum absolute atomic E-state index is 0.627. The molecule has 0 bridgehead atoms. The molecular weight excluding hydrogens is 234 g/mol. The van der Waals surface area contributed by atoms with E-state index >= 15 is 0 Å². The molecule has 0 spiro atoms. The Morgan fingerprint density at radius 3 is 2.71 bits per heavy atom. The summed E-state index contributed by atoms with van der Waals surface area (Å²) in [5.74, 6) is 1.99. The van der Waals surface area contributed by atoms with Gasteiger partial charge in [0.05, 0.1) is 6.07 Å². The van der Waals surface area contributed by atoms with Gasteiger partial charge in [0.2, 0.25) is 0 Å². The first-order chi connectivity index (χ1) is 6.86. The van der Waals surface area contributed by atoms with Gasteiger partial charge in [0, 0.05) is 12.2 Å². The van der Waals surface area contributed by atoms with Crippen LogP contribution in [-0.2, 0) is 0 Å². The molecule has 0 fully saturated rings. The largest absolute Gasteiger partial charge is 0.198 e. The van der Waals surface area contributed by atoms with Gasteiger partial charge in [0.25, 0.3) is 0 Å². The van der Waals surface area contributed by atoms with Gasteiger partial charge >= 0.3 is 0 Å². The Hall–Kier alpha value is -0.250. The highest BCUT2D eigenvalue weighted by Crippen LogP contribution is 2.28. The zero-order valence-corrected chi connectivity index (χ0v) is 10.3. The van der Waals surface area contributed by atoms with E-state index in [4.69, 9.17) is 5.26 Å². The fraction of sp³-hybridized carbons (Fsp3) is 0.625. The van der Waals surface area contributed by atoms with Gasteiger partial charge in [0.15, 0.2) is 8.68 Å². The van der Waals surface area contributed by atoms with E-state index in [1.54, 1.807) is 34.9 Å².